The van der Waals surface area contributed by atoms with Gasteiger partial charge in [0, 0.05) is 4.90 Å². The first-order valence-corrected chi connectivity index (χ1v) is 38.9. The van der Waals surface area contributed by atoms with Crippen LogP contribution in [0.4, 0.5) is 0 Å². The van der Waals surface area contributed by atoms with E-state index in [2.05, 4.69) is 36.4 Å². The van der Waals surface area contributed by atoms with Crippen LogP contribution in [0.5, 0.6) is 0 Å². The van der Waals surface area contributed by atoms with E-state index in [0.717, 1.165) is 60.5 Å². The van der Waals surface area contributed by atoms with Crippen molar-refractivity contribution in [1.29, 1.82) is 0 Å². The molecule has 3 saturated heterocycles. The van der Waals surface area contributed by atoms with Crippen molar-refractivity contribution in [3.8, 4) is 0 Å². The summed E-state index contributed by atoms with van der Waals surface area (Å²) in [6.45, 7) is 2.22. The summed E-state index contributed by atoms with van der Waals surface area (Å²) in [5.41, 5.74) is 8.87. The van der Waals surface area contributed by atoms with Crippen LogP contribution in [0.1, 0.15) is 55.6 Å². The Morgan fingerprint density at radius 3 is 0.700 bits per heavy atom. The van der Waals surface area contributed by atoms with E-state index < -0.39 is 91.3 Å². The van der Waals surface area contributed by atoms with E-state index in [0.29, 0.717) is 13.2 Å². The summed E-state index contributed by atoms with van der Waals surface area (Å²) in [6.07, 6.45) is -13.6. The Morgan fingerprint density at radius 2 is 0.409 bits per heavy atom. The van der Waals surface area contributed by atoms with Gasteiger partial charge in [-0.15, -0.1) is 0 Å². The van der Waals surface area contributed by atoms with Crippen molar-refractivity contribution in [2.24, 2.45) is 0 Å². The monoisotopic (exact) mass is 1500 g/mol. The molecule has 11 aromatic rings. The second kappa shape index (κ2) is 42.0. The molecule has 568 valence electrons. The maximum absolute atomic E-state index is 7.95. The lowest BCUT2D eigenvalue weighted by atomic mass is 9.95. The van der Waals surface area contributed by atoms with E-state index in [4.69, 9.17) is 71.1 Å². The highest BCUT2D eigenvalue weighted by Crippen LogP contribution is 2.42. The first kappa shape index (κ1) is 77.9. The number of rotatable bonds is 39. The molecule has 0 radical (unpaired) electrons. The Kier molecular flexibility index (Phi) is 29.7. The van der Waals surface area contributed by atoms with Crippen molar-refractivity contribution < 1.29 is 71.1 Å². The SMILES string of the molecule is c1ccc(COC[C@H]2O[C@@H](Sc3ccccc3)[C@H](OCc3ccccc3)[C@@H](OCc3ccccc3)[C@@H]2O[C@H]2O[C@H](COCc3ccccc3)[C@@H](O[C@H]3O[C@H](COCc4ccccc4)[C@@H](OCc4ccccc4)[C@H](OCc4ccccc4)[C@H]3OCc3ccccc3)[C@H](OCc3ccccc3)[C@H]2OCc2ccccc2)cc1. The van der Waals surface area contributed by atoms with E-state index in [1.54, 1.807) is 11.8 Å². The Morgan fingerprint density at radius 1 is 0.200 bits per heavy atom. The standard InChI is InChI=1S/C94H96O15S/c1-12-34-69(35-13-1)56-95-66-80-83(98-59-72-40-18-4-19-41-72)86(99-60-73-42-20-5-21-43-73)89(102-63-76-48-26-8-27-49-76)92(105-80)108-84-81(67-96-57-70-36-14-2-15-37-70)106-93(90(103-64-77-50-28-9-29-51-77)87(84)100-61-74-44-22-6-23-45-74)109-85-82(68-97-58-71-38-16-3-17-39-71)107-94(110-79-54-32-11-33-55-79)91(104-65-78-52-30-10-31-53-78)88(85)101-62-75-46-24-7-25-47-75/h1-55,80-94H,56-68H2/t80-,81-,82-,83-,84-,85-,86+,87+,88+,89-,90-,91-,92-,93-,94+/m1/s1. The summed E-state index contributed by atoms with van der Waals surface area (Å²) >= 11 is 1.57. The van der Waals surface area contributed by atoms with Gasteiger partial charge in [-0.2, -0.15) is 0 Å². The van der Waals surface area contributed by atoms with E-state index in [1.165, 1.54) is 0 Å². The fraction of sp³-hybridized carbons (Fsp3) is 0.298. The number of hydrogen-bond donors (Lipinski definition) is 0. The van der Waals surface area contributed by atoms with Gasteiger partial charge in [0.15, 0.2) is 12.6 Å². The fourth-order valence-corrected chi connectivity index (χ4v) is 15.0. The third kappa shape index (κ3) is 22.9. The van der Waals surface area contributed by atoms with Gasteiger partial charge in [0.25, 0.3) is 0 Å². The Bertz CT molecular complexity index is 4310. The molecular weight excluding hydrogens is 1400 g/mol. The summed E-state index contributed by atoms with van der Waals surface area (Å²) in [7, 11) is 0. The summed E-state index contributed by atoms with van der Waals surface area (Å²) in [5.74, 6) is 0. The van der Waals surface area contributed by atoms with Crippen LogP contribution in [0.15, 0.2) is 339 Å². The van der Waals surface area contributed by atoms with E-state index in [9.17, 15) is 0 Å². The molecule has 0 aliphatic carbocycles. The average Bonchev–Trinajstić information content (AvgIpc) is 0.768. The van der Waals surface area contributed by atoms with Gasteiger partial charge in [-0.05, 0) is 67.8 Å². The molecule has 0 bridgehead atoms. The van der Waals surface area contributed by atoms with Gasteiger partial charge in [0.1, 0.15) is 78.7 Å². The van der Waals surface area contributed by atoms with Gasteiger partial charge in [-0.1, -0.05) is 333 Å². The normalized spacial score (nSPS) is 24.0. The van der Waals surface area contributed by atoms with Gasteiger partial charge in [0.05, 0.1) is 85.9 Å². The van der Waals surface area contributed by atoms with Gasteiger partial charge in [0.2, 0.25) is 0 Å². The van der Waals surface area contributed by atoms with Crippen molar-refractivity contribution in [3.05, 3.63) is 389 Å². The lowest BCUT2D eigenvalue weighted by molar-refractivity contribution is -0.388. The highest BCUT2D eigenvalue weighted by Gasteiger charge is 2.57. The minimum atomic E-state index is -1.28. The maximum Gasteiger partial charge on any atom is 0.187 e. The molecule has 0 N–H and O–H groups in total. The van der Waals surface area contributed by atoms with Crippen LogP contribution in [0, 0.1) is 0 Å². The van der Waals surface area contributed by atoms with E-state index in [1.807, 2.05) is 297 Å². The summed E-state index contributed by atoms with van der Waals surface area (Å²) in [5, 5.41) is 0. The fourth-order valence-electron chi connectivity index (χ4n) is 13.9. The predicted molar refractivity (Wildman–Crippen MR) is 421 cm³/mol. The molecule has 0 aromatic heterocycles. The topological polar surface area (TPSA) is 138 Å². The van der Waals surface area contributed by atoms with Crippen LogP contribution in [-0.4, -0.2) is 111 Å². The second-order valence-corrected chi connectivity index (χ2v) is 28.8. The Hall–Kier alpha value is -8.83. The van der Waals surface area contributed by atoms with E-state index in [-0.39, 0.29) is 72.7 Å². The quantitative estimate of drug-likeness (QED) is 0.0361. The smallest absolute Gasteiger partial charge is 0.187 e. The van der Waals surface area contributed by atoms with Gasteiger partial charge >= 0.3 is 0 Å². The molecule has 16 heteroatoms. The minimum absolute atomic E-state index is 0.0318. The second-order valence-electron chi connectivity index (χ2n) is 27.6. The molecule has 3 fully saturated rings. The third-order valence-corrected chi connectivity index (χ3v) is 20.7. The summed E-state index contributed by atoms with van der Waals surface area (Å²) in [6, 6.07) is 111. The zero-order valence-corrected chi connectivity index (χ0v) is 62.5. The van der Waals surface area contributed by atoms with Crippen LogP contribution in [0.3, 0.4) is 0 Å². The van der Waals surface area contributed by atoms with Crippen LogP contribution in [0.25, 0.3) is 0 Å². The molecule has 3 aliphatic heterocycles. The molecule has 0 spiro atoms. The molecule has 0 amide bonds. The van der Waals surface area contributed by atoms with Crippen LogP contribution >= 0.6 is 11.8 Å². The predicted octanol–water partition coefficient (Wildman–Crippen LogP) is 17.5. The van der Waals surface area contributed by atoms with Gasteiger partial charge in [-0.25, -0.2) is 0 Å². The molecule has 3 aliphatic rings. The first-order chi connectivity index (χ1) is 54.5. The molecule has 0 unspecified atom stereocenters. The highest BCUT2D eigenvalue weighted by molar-refractivity contribution is 7.99. The van der Waals surface area contributed by atoms with Crippen LogP contribution in [-0.2, 0) is 137 Å². The van der Waals surface area contributed by atoms with Crippen molar-refractivity contribution in [3.63, 3.8) is 0 Å². The van der Waals surface area contributed by atoms with Crippen molar-refractivity contribution in [2.75, 3.05) is 19.8 Å². The minimum Gasteiger partial charge on any atom is -0.374 e. The average molecular weight is 1500 g/mol. The van der Waals surface area contributed by atoms with E-state index >= 15 is 0 Å². The lowest BCUT2D eigenvalue weighted by Crippen LogP contribution is -2.68. The number of hydrogen-bond acceptors (Lipinski definition) is 16. The highest BCUT2D eigenvalue weighted by atomic mass is 32.2. The third-order valence-electron chi connectivity index (χ3n) is 19.5. The summed E-state index contributed by atoms with van der Waals surface area (Å²) < 4.78 is 111. The van der Waals surface area contributed by atoms with Crippen LogP contribution < -0.4 is 0 Å². The molecular formula is C94H96O15S. The van der Waals surface area contributed by atoms with Crippen molar-refractivity contribution in [2.45, 2.75) is 162 Å². The zero-order valence-electron chi connectivity index (χ0n) is 61.6. The molecule has 14 rings (SSSR count). The van der Waals surface area contributed by atoms with Crippen molar-refractivity contribution >= 4 is 11.8 Å². The first-order valence-electron chi connectivity index (χ1n) is 38.0. The Balaban J connectivity index is 0.901. The number of benzene rings is 11. The molecule has 110 heavy (non-hydrogen) atoms. The van der Waals surface area contributed by atoms with Gasteiger partial charge < -0.3 is 71.1 Å². The van der Waals surface area contributed by atoms with Crippen molar-refractivity contribution in [1.82, 2.24) is 0 Å². The maximum atomic E-state index is 7.95. The molecule has 0 saturated carbocycles. The largest absolute Gasteiger partial charge is 0.374 e. The number of thioether (sulfide) groups is 1. The number of ether oxygens (including phenoxy) is 15. The summed E-state index contributed by atoms with van der Waals surface area (Å²) in [4.78, 5) is 0.980. The van der Waals surface area contributed by atoms with Gasteiger partial charge in [-0.3, -0.25) is 0 Å². The molecule has 3 heterocycles. The molecule has 15 nitrogen and oxygen atoms in total. The molecule has 15 atom stereocenters. The Labute approximate surface area is 650 Å². The van der Waals surface area contributed by atoms with Crippen LogP contribution in [0.2, 0.25) is 0 Å². The lowest BCUT2D eigenvalue weighted by Gasteiger charge is -2.52. The molecule has 11 aromatic carbocycles. The zero-order chi connectivity index (χ0) is 74.4.